The summed E-state index contributed by atoms with van der Waals surface area (Å²) in [5, 5.41) is 0. The standard InChI is InChI=1S/C60H50/c1-6-26-46(27-7-1)56(51-36-16-17-37-51)57(52-38-18-19-39-52,47-28-8-2-9-29-47)59(54-42-22-23-43-54,49-32-12-4-13-33-49)60(55-44-24-25-45-55,50-34-14-5-15-35-50)58(56,53-40-20-21-41-53)48-30-10-3-11-31-48/h1-45,51-55H. The molecule has 0 N–H and O–H groups in total. The van der Waals surface area contributed by atoms with E-state index in [9.17, 15) is 0 Å². The fourth-order valence-electron chi connectivity index (χ4n) is 14.5. The van der Waals surface area contributed by atoms with E-state index in [2.05, 4.69) is 273 Å². The summed E-state index contributed by atoms with van der Waals surface area (Å²) in [5.74, 6) is -0.127. The Morgan fingerprint density at radius 1 is 0.183 bits per heavy atom. The molecule has 0 nitrogen and oxygen atoms in total. The Morgan fingerprint density at radius 2 is 0.317 bits per heavy atom. The van der Waals surface area contributed by atoms with Crippen LogP contribution in [0, 0.1) is 29.6 Å². The molecule has 6 aliphatic carbocycles. The average molecular weight is 771 g/mol. The van der Waals surface area contributed by atoms with E-state index >= 15 is 0 Å². The molecule has 1 fully saturated rings. The van der Waals surface area contributed by atoms with E-state index in [4.69, 9.17) is 0 Å². The van der Waals surface area contributed by atoms with Gasteiger partial charge in [-0.05, 0) is 27.8 Å². The van der Waals surface area contributed by atoms with Crippen LogP contribution in [0.5, 0.6) is 0 Å². The van der Waals surface area contributed by atoms with E-state index in [0.717, 1.165) is 0 Å². The van der Waals surface area contributed by atoms with Gasteiger partial charge in [0.15, 0.2) is 0 Å². The van der Waals surface area contributed by atoms with Crippen LogP contribution in [-0.4, -0.2) is 0 Å². The van der Waals surface area contributed by atoms with E-state index < -0.39 is 27.1 Å². The molecule has 1 saturated carbocycles. The summed E-state index contributed by atoms with van der Waals surface area (Å²) < 4.78 is 0. The number of benzene rings is 5. The molecule has 0 spiro atoms. The summed E-state index contributed by atoms with van der Waals surface area (Å²) >= 11 is 0. The molecule has 290 valence electrons. The lowest BCUT2D eigenvalue weighted by atomic mass is 9.37. The maximum Gasteiger partial charge on any atom is 0.0280 e. The number of rotatable bonds is 10. The monoisotopic (exact) mass is 770 g/mol. The first-order valence-electron chi connectivity index (χ1n) is 21.8. The van der Waals surface area contributed by atoms with Crippen LogP contribution in [0.15, 0.2) is 273 Å². The summed E-state index contributed by atoms with van der Waals surface area (Å²) in [6.07, 6.45) is 48.9. The number of hydrogen-bond acceptors (Lipinski definition) is 0. The maximum atomic E-state index is 2.56. The van der Waals surface area contributed by atoms with Crippen LogP contribution < -0.4 is 0 Å². The van der Waals surface area contributed by atoms with Gasteiger partial charge < -0.3 is 0 Å². The van der Waals surface area contributed by atoms with Crippen LogP contribution in [0.1, 0.15) is 27.8 Å². The minimum absolute atomic E-state index is 0.0255. The van der Waals surface area contributed by atoms with Gasteiger partial charge in [-0.25, -0.2) is 0 Å². The highest BCUT2D eigenvalue weighted by molar-refractivity contribution is 5.74. The highest BCUT2D eigenvalue weighted by atomic mass is 14.9. The summed E-state index contributed by atoms with van der Waals surface area (Å²) in [7, 11) is 0. The van der Waals surface area contributed by atoms with Crippen LogP contribution in [0.3, 0.4) is 0 Å². The maximum absolute atomic E-state index is 2.56. The lowest BCUT2D eigenvalue weighted by Gasteiger charge is -2.64. The largest absolute Gasteiger partial charge is 0.0767 e. The summed E-state index contributed by atoms with van der Waals surface area (Å²) in [4.78, 5) is 0. The molecule has 60 heavy (non-hydrogen) atoms. The summed E-state index contributed by atoms with van der Waals surface area (Å²) in [6, 6.07) is 59.1. The second-order valence-corrected chi connectivity index (χ2v) is 17.3. The van der Waals surface area contributed by atoms with Crippen molar-refractivity contribution in [1.29, 1.82) is 0 Å². The summed E-state index contributed by atoms with van der Waals surface area (Å²) in [6.45, 7) is 0. The van der Waals surface area contributed by atoms with Crippen molar-refractivity contribution in [1.82, 2.24) is 0 Å². The molecule has 0 bridgehead atoms. The van der Waals surface area contributed by atoms with Gasteiger partial charge in [-0.3, -0.25) is 0 Å². The molecule has 0 amide bonds. The van der Waals surface area contributed by atoms with Gasteiger partial charge in [0.1, 0.15) is 0 Å². The Hall–Kier alpha value is -6.50. The van der Waals surface area contributed by atoms with Crippen LogP contribution in [0.2, 0.25) is 0 Å². The molecule has 0 aromatic heterocycles. The lowest BCUT2D eigenvalue weighted by Crippen LogP contribution is -2.67. The second-order valence-electron chi connectivity index (χ2n) is 17.3. The summed E-state index contributed by atoms with van der Waals surface area (Å²) in [5.41, 5.74) is 3.32. The molecule has 0 saturated heterocycles. The van der Waals surface area contributed by atoms with Crippen molar-refractivity contribution in [3.8, 4) is 0 Å². The fraction of sp³-hybridized carbons (Fsp3) is 0.167. The molecule has 0 unspecified atom stereocenters. The molecular weight excluding hydrogens is 721 g/mol. The zero-order valence-corrected chi connectivity index (χ0v) is 33.9. The third kappa shape index (κ3) is 4.36. The fourth-order valence-corrected chi connectivity index (χ4v) is 14.5. The molecule has 0 heteroatoms. The van der Waals surface area contributed by atoms with Gasteiger partial charge in [0.2, 0.25) is 0 Å². The van der Waals surface area contributed by atoms with Crippen LogP contribution in [-0.2, 0) is 27.1 Å². The second kappa shape index (κ2) is 14.4. The zero-order valence-electron chi connectivity index (χ0n) is 33.9. The molecule has 5 aromatic rings. The van der Waals surface area contributed by atoms with Crippen LogP contribution in [0.25, 0.3) is 0 Å². The van der Waals surface area contributed by atoms with Gasteiger partial charge in [0.05, 0.1) is 0 Å². The Kier molecular flexibility index (Phi) is 8.75. The minimum Gasteiger partial charge on any atom is -0.0767 e. The molecule has 11 rings (SSSR count). The van der Waals surface area contributed by atoms with Crippen molar-refractivity contribution in [2.75, 3.05) is 0 Å². The van der Waals surface area contributed by atoms with Crippen molar-refractivity contribution in [2.24, 2.45) is 29.6 Å². The first-order valence-corrected chi connectivity index (χ1v) is 21.8. The van der Waals surface area contributed by atoms with Crippen molar-refractivity contribution in [3.63, 3.8) is 0 Å². The topological polar surface area (TPSA) is 0 Å². The highest BCUT2D eigenvalue weighted by Crippen LogP contribution is 2.88. The molecule has 0 atom stereocenters. The Bertz CT molecular complexity index is 2150. The smallest absolute Gasteiger partial charge is 0.0280 e. The predicted molar refractivity (Wildman–Crippen MR) is 249 cm³/mol. The van der Waals surface area contributed by atoms with Crippen LogP contribution >= 0.6 is 0 Å². The molecule has 5 aromatic carbocycles. The third-order valence-corrected chi connectivity index (χ3v) is 15.5. The van der Waals surface area contributed by atoms with Crippen molar-refractivity contribution in [2.45, 2.75) is 27.1 Å². The minimum atomic E-state index is -0.693. The Balaban J connectivity index is 1.58. The van der Waals surface area contributed by atoms with Gasteiger partial charge in [0.25, 0.3) is 0 Å². The van der Waals surface area contributed by atoms with Gasteiger partial charge in [-0.15, -0.1) is 0 Å². The molecule has 0 radical (unpaired) electrons. The SMILES string of the molecule is C1=CC(C2(c3ccccc3)C(c3ccccc3)(C3C=CC=C3)C(c3ccccc3)(C3C=CC=C3)C(c3ccccc3)(C3C=CC=C3)C2(c2ccccc2)C2C=CC=C2)C=C1. The van der Waals surface area contributed by atoms with Crippen molar-refractivity contribution >= 4 is 0 Å². The molecule has 0 heterocycles. The van der Waals surface area contributed by atoms with Crippen LogP contribution in [0.4, 0.5) is 0 Å². The Labute approximate surface area is 356 Å². The number of allylic oxidation sites excluding steroid dienone is 20. The zero-order chi connectivity index (χ0) is 40.1. The first-order chi connectivity index (χ1) is 29.8. The predicted octanol–water partition coefficient (Wildman–Crippen LogP) is 13.4. The van der Waals surface area contributed by atoms with E-state index in [1.807, 2.05) is 0 Å². The van der Waals surface area contributed by atoms with E-state index in [1.165, 1.54) is 27.8 Å². The van der Waals surface area contributed by atoms with E-state index in [1.54, 1.807) is 0 Å². The molecule has 6 aliphatic rings. The van der Waals surface area contributed by atoms with Gasteiger partial charge in [0, 0.05) is 56.7 Å². The average Bonchev–Trinajstić information content (AvgIpc) is 4.17. The normalized spacial score (nSPS) is 30.7. The van der Waals surface area contributed by atoms with Gasteiger partial charge in [-0.1, -0.05) is 273 Å². The van der Waals surface area contributed by atoms with Gasteiger partial charge >= 0.3 is 0 Å². The molecule has 0 aliphatic heterocycles. The van der Waals surface area contributed by atoms with Gasteiger partial charge in [-0.2, -0.15) is 0 Å². The van der Waals surface area contributed by atoms with E-state index in [0.29, 0.717) is 0 Å². The van der Waals surface area contributed by atoms with Crippen molar-refractivity contribution < 1.29 is 0 Å². The number of hydrogen-bond donors (Lipinski definition) is 0. The van der Waals surface area contributed by atoms with E-state index in [-0.39, 0.29) is 29.6 Å². The molecular formula is C60H50. The quantitative estimate of drug-likeness (QED) is 0.133. The Morgan fingerprint density at radius 3 is 0.450 bits per heavy atom. The van der Waals surface area contributed by atoms with Crippen molar-refractivity contribution in [3.05, 3.63) is 301 Å². The lowest BCUT2D eigenvalue weighted by molar-refractivity contribution is 0.0633. The highest BCUT2D eigenvalue weighted by Gasteiger charge is 2.92. The third-order valence-electron chi connectivity index (χ3n) is 15.5. The first kappa shape index (κ1) is 36.6.